The third kappa shape index (κ3) is 5.96. The molecule has 0 aliphatic carbocycles. The lowest BCUT2D eigenvalue weighted by Crippen LogP contribution is -2.53. The zero-order valence-corrected chi connectivity index (χ0v) is 22.4. The third-order valence-corrected chi connectivity index (χ3v) is 7.99. The molecular weight excluding hydrogens is 524 g/mol. The number of rotatable bonds is 9. The van der Waals surface area contributed by atoms with Crippen molar-refractivity contribution in [2.45, 2.75) is 17.4 Å². The van der Waals surface area contributed by atoms with Gasteiger partial charge in [-0.25, -0.2) is 17.5 Å². The molecule has 0 fully saturated rings. The van der Waals surface area contributed by atoms with E-state index in [0.29, 0.717) is 15.7 Å². The molecule has 0 saturated carbocycles. The van der Waals surface area contributed by atoms with Crippen LogP contribution in [0.15, 0.2) is 77.7 Å². The minimum absolute atomic E-state index is 0.0794. The number of ether oxygens (including phenoxy) is 2. The lowest BCUT2D eigenvalue weighted by molar-refractivity contribution is -0.127. The van der Waals surface area contributed by atoms with E-state index < -0.39 is 40.5 Å². The number of carbonyl (C=O) groups excluding carboxylic acids is 3. The predicted octanol–water partition coefficient (Wildman–Crippen LogP) is 2.63. The molecule has 0 aromatic heterocycles. The first kappa shape index (κ1) is 27.5. The number of benzene rings is 3. The Morgan fingerprint density at radius 1 is 0.974 bits per heavy atom. The van der Waals surface area contributed by atoms with Crippen LogP contribution in [0, 0.1) is 0 Å². The highest BCUT2D eigenvalue weighted by Crippen LogP contribution is 2.33. The van der Waals surface area contributed by atoms with E-state index >= 15 is 0 Å². The van der Waals surface area contributed by atoms with Crippen molar-refractivity contribution in [2.24, 2.45) is 0 Å². The van der Waals surface area contributed by atoms with E-state index in [4.69, 9.17) is 9.47 Å². The van der Waals surface area contributed by atoms with E-state index in [1.165, 1.54) is 37.3 Å². The molecule has 0 bridgehead atoms. The van der Waals surface area contributed by atoms with Crippen molar-refractivity contribution >= 4 is 39.2 Å². The Balaban J connectivity index is 1.56. The number of amides is 4. The zero-order chi connectivity index (χ0) is 28.2. The summed E-state index contributed by atoms with van der Waals surface area (Å²) in [5.74, 6) is -0.363. The predicted molar refractivity (Wildman–Crippen MR) is 144 cm³/mol. The van der Waals surface area contributed by atoms with E-state index in [9.17, 15) is 22.8 Å². The van der Waals surface area contributed by atoms with Crippen LogP contribution >= 0.6 is 0 Å². The Bertz CT molecular complexity index is 1480. The number of likely N-dealkylation sites (N-methyl/N-ethyl adjacent to an activating group) is 1. The molecule has 4 amide bonds. The number of carbonyl (C=O) groups is 3. The molecule has 11 nitrogen and oxygen atoms in total. The molecular formula is C27H28N4O7S. The summed E-state index contributed by atoms with van der Waals surface area (Å²) in [7, 11) is 0.121. The van der Waals surface area contributed by atoms with Crippen LogP contribution in [0.4, 0.5) is 16.2 Å². The monoisotopic (exact) mass is 552 g/mol. The summed E-state index contributed by atoms with van der Waals surface area (Å²) in [6.07, 6.45) is 0.144. The number of anilines is 2. The van der Waals surface area contributed by atoms with Gasteiger partial charge < -0.3 is 25.0 Å². The highest BCUT2D eigenvalue weighted by molar-refractivity contribution is 7.90. The molecule has 3 aromatic rings. The van der Waals surface area contributed by atoms with E-state index in [1.54, 1.807) is 31.3 Å². The van der Waals surface area contributed by atoms with Gasteiger partial charge in [-0.05, 0) is 42.0 Å². The first-order valence-electron chi connectivity index (χ1n) is 11.9. The van der Waals surface area contributed by atoms with Gasteiger partial charge in [0.25, 0.3) is 10.0 Å². The minimum Gasteiger partial charge on any atom is -0.497 e. The molecule has 0 radical (unpaired) electrons. The van der Waals surface area contributed by atoms with Crippen molar-refractivity contribution < 1.29 is 32.3 Å². The first-order chi connectivity index (χ1) is 18.6. The van der Waals surface area contributed by atoms with Crippen molar-refractivity contribution in [3.05, 3.63) is 78.4 Å². The van der Waals surface area contributed by atoms with Gasteiger partial charge in [-0.15, -0.1) is 0 Å². The molecule has 1 aliphatic heterocycles. The van der Waals surface area contributed by atoms with Gasteiger partial charge in [0, 0.05) is 25.2 Å². The summed E-state index contributed by atoms with van der Waals surface area (Å²) in [6, 6.07) is 18.0. The van der Waals surface area contributed by atoms with Crippen LogP contribution in [0.5, 0.6) is 11.5 Å². The lowest BCUT2D eigenvalue weighted by Gasteiger charge is -2.29. The van der Waals surface area contributed by atoms with Gasteiger partial charge in [-0.2, -0.15) is 0 Å². The molecule has 1 atom stereocenters. The summed E-state index contributed by atoms with van der Waals surface area (Å²) >= 11 is 0. The Hall–Kier alpha value is -4.58. The van der Waals surface area contributed by atoms with Crippen molar-refractivity contribution in [3.8, 4) is 11.5 Å². The summed E-state index contributed by atoms with van der Waals surface area (Å²) in [4.78, 5) is 40.5. The second-order valence-electron chi connectivity index (χ2n) is 8.71. The van der Waals surface area contributed by atoms with Gasteiger partial charge in [-0.3, -0.25) is 9.59 Å². The van der Waals surface area contributed by atoms with Crippen LogP contribution < -0.4 is 25.0 Å². The topological polar surface area (TPSA) is 134 Å². The Labute approximate surface area is 226 Å². The Morgan fingerprint density at radius 3 is 2.26 bits per heavy atom. The fourth-order valence-electron chi connectivity index (χ4n) is 4.10. The molecule has 1 heterocycles. The fourth-order valence-corrected chi connectivity index (χ4v) is 5.55. The third-order valence-electron chi connectivity index (χ3n) is 6.22. The van der Waals surface area contributed by atoms with Crippen LogP contribution in [0.25, 0.3) is 0 Å². The van der Waals surface area contributed by atoms with Crippen molar-refractivity contribution in [2.75, 3.05) is 38.0 Å². The van der Waals surface area contributed by atoms with Gasteiger partial charge in [0.05, 0.1) is 19.9 Å². The number of methoxy groups -OCH3 is 2. The number of hydrogen-bond donors (Lipinski definition) is 2. The summed E-state index contributed by atoms with van der Waals surface area (Å²) in [6.45, 7) is -0.824. The van der Waals surface area contributed by atoms with E-state index in [1.807, 2.05) is 30.3 Å². The van der Waals surface area contributed by atoms with Gasteiger partial charge in [-0.1, -0.05) is 30.3 Å². The molecule has 2 N–H and O–H groups in total. The van der Waals surface area contributed by atoms with Crippen molar-refractivity contribution in [3.63, 3.8) is 0 Å². The number of nitrogens with one attached hydrogen (secondary N) is 2. The number of hydrogen-bond acceptors (Lipinski definition) is 7. The molecule has 1 aliphatic rings. The standard InChI is InChI=1S/C27H28N4O7S/c1-30(19-9-11-20(37-2)12-10-19)26(33)23(15-18-7-5-4-6-8-18)28-25(32)17-31-27(34)29-22-14-13-21(38-3)16-24(22)39(31,35)36/h4-14,16,23H,15,17H2,1-3H3,(H,28,32)(H,29,34)/t23-/m0/s1. The van der Waals surface area contributed by atoms with Crippen LogP contribution in [0.3, 0.4) is 0 Å². The van der Waals surface area contributed by atoms with E-state index in [0.717, 1.165) is 5.56 Å². The highest BCUT2D eigenvalue weighted by atomic mass is 32.2. The smallest absolute Gasteiger partial charge is 0.336 e. The van der Waals surface area contributed by atoms with Crippen LogP contribution in [0.2, 0.25) is 0 Å². The maximum absolute atomic E-state index is 13.5. The van der Waals surface area contributed by atoms with Crippen molar-refractivity contribution in [1.29, 1.82) is 0 Å². The molecule has 0 unspecified atom stereocenters. The summed E-state index contributed by atoms with van der Waals surface area (Å²) in [5.41, 5.74) is 1.43. The van der Waals surface area contributed by atoms with Crippen molar-refractivity contribution in [1.82, 2.24) is 9.62 Å². The molecule has 4 rings (SSSR count). The van der Waals surface area contributed by atoms with Gasteiger partial charge in [0.1, 0.15) is 29.0 Å². The lowest BCUT2D eigenvalue weighted by atomic mass is 10.0. The van der Waals surface area contributed by atoms with Crippen LogP contribution in [-0.4, -0.2) is 64.4 Å². The summed E-state index contributed by atoms with van der Waals surface area (Å²) < 4.78 is 37.1. The highest BCUT2D eigenvalue weighted by Gasteiger charge is 2.39. The molecule has 12 heteroatoms. The molecule has 3 aromatic carbocycles. The fraction of sp³-hybridized carbons (Fsp3) is 0.222. The SMILES string of the molecule is COc1ccc(N(C)C(=O)[C@H](Cc2ccccc2)NC(=O)CN2C(=O)Nc3ccc(OC)cc3S2(=O)=O)cc1. The molecule has 204 valence electrons. The molecule has 0 spiro atoms. The normalized spacial score (nSPS) is 14.4. The molecule has 39 heavy (non-hydrogen) atoms. The van der Waals surface area contributed by atoms with Crippen LogP contribution in [0.1, 0.15) is 5.56 Å². The maximum Gasteiger partial charge on any atom is 0.336 e. The average Bonchev–Trinajstić information content (AvgIpc) is 2.94. The van der Waals surface area contributed by atoms with Crippen LogP contribution in [-0.2, 0) is 26.0 Å². The largest absolute Gasteiger partial charge is 0.497 e. The molecule has 0 saturated heterocycles. The first-order valence-corrected chi connectivity index (χ1v) is 13.3. The zero-order valence-electron chi connectivity index (χ0n) is 21.6. The Morgan fingerprint density at radius 2 is 1.62 bits per heavy atom. The maximum atomic E-state index is 13.5. The van der Waals surface area contributed by atoms with Gasteiger partial charge in [0.2, 0.25) is 11.8 Å². The number of fused-ring (bicyclic) bond motifs is 1. The Kier molecular flexibility index (Phi) is 8.05. The van der Waals surface area contributed by atoms with Gasteiger partial charge in [0.15, 0.2) is 0 Å². The van der Waals surface area contributed by atoms with E-state index in [2.05, 4.69) is 10.6 Å². The summed E-state index contributed by atoms with van der Waals surface area (Å²) in [5, 5.41) is 5.10. The number of urea groups is 1. The quantitative estimate of drug-likeness (QED) is 0.417. The van der Waals surface area contributed by atoms with E-state index in [-0.39, 0.29) is 22.8 Å². The minimum atomic E-state index is -4.37. The van der Waals surface area contributed by atoms with Gasteiger partial charge >= 0.3 is 6.03 Å². The number of sulfonamides is 1. The average molecular weight is 553 g/mol. The second kappa shape index (κ2) is 11.4. The second-order valence-corrected chi connectivity index (χ2v) is 10.5. The number of nitrogens with zero attached hydrogens (tertiary/aromatic N) is 2.